The molecule has 0 aliphatic rings. The Morgan fingerprint density at radius 1 is 1.50 bits per heavy atom. The van der Waals surface area contributed by atoms with Crippen molar-refractivity contribution in [2.75, 3.05) is 18.9 Å². The molecule has 0 fully saturated rings. The molecule has 1 unspecified atom stereocenters. The van der Waals surface area contributed by atoms with Gasteiger partial charge in [0.25, 0.3) is 0 Å². The lowest BCUT2D eigenvalue weighted by atomic mass is 10.4. The number of carbonyl (C=O) groups excluding carboxylic acids is 1. The van der Waals surface area contributed by atoms with Crippen molar-refractivity contribution < 1.29 is 18.0 Å². The number of hydrogen-bond donors (Lipinski definition) is 2. The number of nitrogens with one attached hydrogen (secondary N) is 2. The van der Waals surface area contributed by atoms with Crippen molar-refractivity contribution in [3.05, 3.63) is 0 Å². The lowest BCUT2D eigenvalue weighted by molar-refractivity contribution is -0.137. The predicted molar refractivity (Wildman–Crippen MR) is 63.8 cm³/mol. The van der Waals surface area contributed by atoms with E-state index >= 15 is 0 Å². The first-order chi connectivity index (χ1) is 8.31. The van der Waals surface area contributed by atoms with Gasteiger partial charge in [-0.05, 0) is 6.92 Å². The van der Waals surface area contributed by atoms with E-state index in [1.165, 1.54) is 18.3 Å². The number of anilines is 1. The van der Waals surface area contributed by atoms with Crippen LogP contribution in [0, 0.1) is 0 Å². The fourth-order valence-corrected chi connectivity index (χ4v) is 2.77. The van der Waals surface area contributed by atoms with Crippen molar-refractivity contribution in [3.63, 3.8) is 0 Å². The minimum Gasteiger partial charge on any atom is -0.363 e. The Morgan fingerprint density at radius 3 is 2.67 bits per heavy atom. The van der Waals surface area contributed by atoms with Crippen LogP contribution in [0.4, 0.5) is 18.3 Å². The quantitative estimate of drug-likeness (QED) is 0.811. The SMILES string of the molecule is CNc1nnc(SC(C)C(=O)NCC(F)(F)F)s1. The Morgan fingerprint density at radius 2 is 2.17 bits per heavy atom. The predicted octanol–water partition coefficient (Wildman–Crippen LogP) is 1.74. The normalized spacial score (nSPS) is 13.2. The first-order valence-electron chi connectivity index (χ1n) is 4.84. The van der Waals surface area contributed by atoms with Crippen LogP contribution in [0.2, 0.25) is 0 Å². The molecule has 1 atom stereocenters. The number of hydrogen-bond acceptors (Lipinski definition) is 6. The third kappa shape index (κ3) is 5.08. The second-order valence-corrected chi connectivity index (χ2v) is 5.78. The minimum absolute atomic E-state index is 0.522. The molecule has 0 saturated carbocycles. The first kappa shape index (κ1) is 15.0. The van der Waals surface area contributed by atoms with Crippen molar-refractivity contribution in [2.45, 2.75) is 22.7 Å². The van der Waals surface area contributed by atoms with Crippen molar-refractivity contribution >= 4 is 34.1 Å². The second-order valence-electron chi connectivity index (χ2n) is 3.22. The second kappa shape index (κ2) is 6.23. The van der Waals surface area contributed by atoms with Gasteiger partial charge >= 0.3 is 6.18 Å². The van der Waals surface area contributed by atoms with Gasteiger partial charge in [-0.2, -0.15) is 13.2 Å². The van der Waals surface area contributed by atoms with Crippen molar-refractivity contribution in [2.24, 2.45) is 0 Å². The van der Waals surface area contributed by atoms with Crippen LogP contribution in [-0.4, -0.2) is 41.1 Å². The molecule has 5 nitrogen and oxygen atoms in total. The number of amides is 1. The molecule has 2 N–H and O–H groups in total. The monoisotopic (exact) mass is 300 g/mol. The Kier molecular flexibility index (Phi) is 5.20. The Hall–Kier alpha value is -1.03. The molecule has 0 radical (unpaired) electrons. The summed E-state index contributed by atoms with van der Waals surface area (Å²) in [6.45, 7) is 0.186. The largest absolute Gasteiger partial charge is 0.405 e. The summed E-state index contributed by atoms with van der Waals surface area (Å²) in [6.07, 6.45) is -4.40. The van der Waals surface area contributed by atoms with Gasteiger partial charge in [-0.3, -0.25) is 4.79 Å². The minimum atomic E-state index is -4.40. The van der Waals surface area contributed by atoms with E-state index in [9.17, 15) is 18.0 Å². The molecule has 0 aromatic carbocycles. The van der Waals surface area contributed by atoms with Crippen molar-refractivity contribution in [1.29, 1.82) is 0 Å². The van der Waals surface area contributed by atoms with Gasteiger partial charge in [0, 0.05) is 7.05 Å². The van der Waals surface area contributed by atoms with E-state index in [2.05, 4.69) is 15.5 Å². The van der Waals surface area contributed by atoms with Gasteiger partial charge in [0.05, 0.1) is 5.25 Å². The zero-order valence-corrected chi connectivity index (χ0v) is 11.2. The highest BCUT2D eigenvalue weighted by Crippen LogP contribution is 2.28. The third-order valence-corrected chi connectivity index (χ3v) is 3.86. The summed E-state index contributed by atoms with van der Waals surface area (Å²) in [4.78, 5) is 11.4. The number of alkyl halides is 3. The van der Waals surface area contributed by atoms with E-state index < -0.39 is 23.9 Å². The maximum absolute atomic E-state index is 11.9. The topological polar surface area (TPSA) is 66.9 Å². The van der Waals surface area contributed by atoms with Crippen LogP contribution in [0.1, 0.15) is 6.92 Å². The van der Waals surface area contributed by atoms with Crippen molar-refractivity contribution in [1.82, 2.24) is 15.5 Å². The Balaban J connectivity index is 2.44. The summed E-state index contributed by atoms with van der Waals surface area (Å²) in [7, 11) is 1.68. The zero-order chi connectivity index (χ0) is 13.8. The Bertz CT molecular complexity index is 409. The Labute approximate surface area is 110 Å². The molecule has 10 heteroatoms. The highest BCUT2D eigenvalue weighted by molar-refractivity contribution is 8.02. The molecule has 1 rings (SSSR count). The van der Waals surface area contributed by atoms with E-state index in [0.717, 1.165) is 11.8 Å². The number of nitrogens with zero attached hydrogens (tertiary/aromatic N) is 2. The lowest BCUT2D eigenvalue weighted by Gasteiger charge is -2.11. The van der Waals surface area contributed by atoms with Gasteiger partial charge in [0.15, 0.2) is 4.34 Å². The average molecular weight is 300 g/mol. The van der Waals surface area contributed by atoms with Crippen molar-refractivity contribution in [3.8, 4) is 0 Å². The molecule has 1 amide bonds. The first-order valence-corrected chi connectivity index (χ1v) is 6.54. The third-order valence-electron chi connectivity index (χ3n) is 1.73. The van der Waals surface area contributed by atoms with Gasteiger partial charge in [-0.15, -0.1) is 10.2 Å². The van der Waals surface area contributed by atoms with E-state index in [4.69, 9.17) is 0 Å². The molecule has 0 spiro atoms. The summed E-state index contributed by atoms with van der Waals surface area (Å²) >= 11 is 2.29. The van der Waals surface area contributed by atoms with Gasteiger partial charge in [0.1, 0.15) is 6.54 Å². The molecule has 0 aliphatic heterocycles. The van der Waals surface area contributed by atoms with Gasteiger partial charge in [-0.25, -0.2) is 0 Å². The summed E-state index contributed by atoms with van der Waals surface area (Å²) in [5, 5.41) is 12.1. The molecule has 18 heavy (non-hydrogen) atoms. The molecule has 0 aliphatic carbocycles. The summed E-state index contributed by atoms with van der Waals surface area (Å²) < 4.78 is 36.2. The standard InChI is InChI=1S/C8H11F3N4OS2/c1-4(5(16)13-3-8(9,10)11)17-7-15-14-6(12-2)18-7/h4H,3H2,1-2H3,(H,12,14)(H,13,16). The fraction of sp³-hybridized carbons (Fsp3) is 0.625. The molecule has 1 aromatic rings. The van der Waals surface area contributed by atoms with Gasteiger partial charge in [-0.1, -0.05) is 23.1 Å². The smallest absolute Gasteiger partial charge is 0.363 e. The summed E-state index contributed by atoms with van der Waals surface area (Å²) in [6, 6.07) is 0. The van der Waals surface area contributed by atoms with E-state index in [-0.39, 0.29) is 0 Å². The number of halogens is 3. The molecule has 0 saturated heterocycles. The van der Waals surface area contributed by atoms with Crippen LogP contribution in [0.3, 0.4) is 0 Å². The van der Waals surface area contributed by atoms with Gasteiger partial charge in [0.2, 0.25) is 11.0 Å². The average Bonchev–Trinajstić information content (AvgIpc) is 2.72. The molecule has 1 aromatic heterocycles. The number of rotatable bonds is 5. The van der Waals surface area contributed by atoms with E-state index in [1.807, 2.05) is 5.32 Å². The van der Waals surface area contributed by atoms with Crippen LogP contribution >= 0.6 is 23.1 Å². The summed E-state index contributed by atoms with van der Waals surface area (Å²) in [5.41, 5.74) is 0. The highest BCUT2D eigenvalue weighted by atomic mass is 32.2. The van der Waals surface area contributed by atoms with Gasteiger partial charge < -0.3 is 10.6 Å². The fourth-order valence-electron chi connectivity index (χ4n) is 0.894. The van der Waals surface area contributed by atoms with Crippen LogP contribution < -0.4 is 10.6 Å². The highest BCUT2D eigenvalue weighted by Gasteiger charge is 2.29. The molecule has 1 heterocycles. The number of carbonyl (C=O) groups is 1. The zero-order valence-electron chi connectivity index (χ0n) is 9.54. The van der Waals surface area contributed by atoms with Crippen LogP contribution in [0.25, 0.3) is 0 Å². The molecular weight excluding hydrogens is 289 g/mol. The van der Waals surface area contributed by atoms with Crippen LogP contribution in [0.15, 0.2) is 4.34 Å². The van der Waals surface area contributed by atoms with E-state index in [1.54, 1.807) is 7.05 Å². The molecule has 102 valence electrons. The maximum Gasteiger partial charge on any atom is 0.405 e. The van der Waals surface area contributed by atoms with Crippen LogP contribution in [0.5, 0.6) is 0 Å². The number of thioether (sulfide) groups is 1. The maximum atomic E-state index is 11.9. The van der Waals surface area contributed by atoms with E-state index in [0.29, 0.717) is 9.47 Å². The lowest BCUT2D eigenvalue weighted by Crippen LogP contribution is -2.37. The molecular formula is C8H11F3N4OS2. The summed E-state index contributed by atoms with van der Waals surface area (Å²) in [5.74, 6) is -0.682. The van der Waals surface area contributed by atoms with Crippen LogP contribution in [-0.2, 0) is 4.79 Å². The molecule has 0 bridgehead atoms. The number of aromatic nitrogens is 2.